The largest absolute Gasteiger partial charge is 0.340 e. The summed E-state index contributed by atoms with van der Waals surface area (Å²) in [6, 6.07) is 23.4. The molecule has 4 heteroatoms. The molecular weight excluding hydrogens is 424 g/mol. The molecule has 4 rings (SSSR count). The lowest BCUT2D eigenvalue weighted by atomic mass is 9.86. The molecular formula is C29H24F4. The van der Waals surface area contributed by atoms with Crippen molar-refractivity contribution >= 4 is 11.6 Å². The Bertz CT molecular complexity index is 1180. The SMILES string of the molecule is CCCc1ccc(C2=CC=C(/C=C/c3ccc(-c4ccccc4)cc3)C(F)(F)C2(F)F)cc1. The second-order valence-corrected chi connectivity index (χ2v) is 8.12. The van der Waals surface area contributed by atoms with Gasteiger partial charge in [0.2, 0.25) is 0 Å². The first-order valence-electron chi connectivity index (χ1n) is 10.9. The molecule has 0 spiro atoms. The summed E-state index contributed by atoms with van der Waals surface area (Å²) in [7, 11) is 0. The fraction of sp³-hybridized carbons (Fsp3) is 0.172. The molecule has 1 aliphatic rings. The maximum Gasteiger partial charge on any atom is 0.340 e. The van der Waals surface area contributed by atoms with Crippen LogP contribution in [-0.2, 0) is 6.42 Å². The lowest BCUT2D eigenvalue weighted by Crippen LogP contribution is -2.44. The van der Waals surface area contributed by atoms with Gasteiger partial charge < -0.3 is 0 Å². The molecule has 0 amide bonds. The third kappa shape index (κ3) is 4.56. The number of hydrogen-bond acceptors (Lipinski definition) is 0. The van der Waals surface area contributed by atoms with Gasteiger partial charge in [-0.15, -0.1) is 0 Å². The Morgan fingerprint density at radius 2 is 1.24 bits per heavy atom. The Kier molecular flexibility index (Phi) is 6.37. The zero-order valence-electron chi connectivity index (χ0n) is 18.2. The number of rotatable bonds is 6. The summed E-state index contributed by atoms with van der Waals surface area (Å²) < 4.78 is 59.5. The van der Waals surface area contributed by atoms with Gasteiger partial charge in [0.25, 0.3) is 0 Å². The Balaban J connectivity index is 1.59. The van der Waals surface area contributed by atoms with Gasteiger partial charge in [0.05, 0.1) is 0 Å². The minimum Gasteiger partial charge on any atom is -0.194 e. The molecule has 0 saturated carbocycles. The topological polar surface area (TPSA) is 0 Å². The molecule has 0 heterocycles. The average Bonchev–Trinajstić information content (AvgIpc) is 2.82. The molecule has 3 aromatic carbocycles. The molecule has 1 aliphatic carbocycles. The van der Waals surface area contributed by atoms with E-state index in [0.29, 0.717) is 5.56 Å². The summed E-state index contributed by atoms with van der Waals surface area (Å²) in [4.78, 5) is 0. The van der Waals surface area contributed by atoms with E-state index in [2.05, 4.69) is 0 Å². The lowest BCUT2D eigenvalue weighted by molar-refractivity contribution is -0.146. The molecule has 0 fully saturated rings. The highest BCUT2D eigenvalue weighted by Gasteiger charge is 2.61. The Hall–Kier alpha value is -3.40. The molecule has 0 bridgehead atoms. The highest BCUT2D eigenvalue weighted by atomic mass is 19.3. The summed E-state index contributed by atoms with van der Waals surface area (Å²) in [6.07, 6.45) is 6.43. The molecule has 0 nitrogen and oxygen atoms in total. The maximum atomic E-state index is 14.9. The maximum absolute atomic E-state index is 14.9. The smallest absolute Gasteiger partial charge is 0.194 e. The van der Waals surface area contributed by atoms with Crippen molar-refractivity contribution in [1.82, 2.24) is 0 Å². The molecule has 0 radical (unpaired) electrons. The highest BCUT2D eigenvalue weighted by molar-refractivity contribution is 5.77. The van der Waals surface area contributed by atoms with Gasteiger partial charge in [-0.05, 0) is 34.2 Å². The van der Waals surface area contributed by atoms with E-state index in [0.717, 1.165) is 47.8 Å². The van der Waals surface area contributed by atoms with Crippen LogP contribution >= 0.6 is 0 Å². The summed E-state index contributed by atoms with van der Waals surface area (Å²) in [5.74, 6) is -8.63. The Morgan fingerprint density at radius 3 is 1.88 bits per heavy atom. The fourth-order valence-corrected chi connectivity index (χ4v) is 3.91. The molecule has 0 saturated heterocycles. The van der Waals surface area contributed by atoms with E-state index in [4.69, 9.17) is 0 Å². The molecule has 0 aromatic heterocycles. The van der Waals surface area contributed by atoms with Gasteiger partial charge in [0, 0.05) is 11.1 Å². The van der Waals surface area contributed by atoms with E-state index in [1.165, 1.54) is 18.2 Å². The molecule has 0 atom stereocenters. The van der Waals surface area contributed by atoms with Crippen LogP contribution in [0.15, 0.2) is 103 Å². The number of alkyl halides is 4. The monoisotopic (exact) mass is 448 g/mol. The molecule has 33 heavy (non-hydrogen) atoms. The first kappa shape index (κ1) is 22.8. The van der Waals surface area contributed by atoms with Gasteiger partial charge in [-0.3, -0.25) is 0 Å². The Morgan fingerprint density at radius 1 is 0.636 bits per heavy atom. The van der Waals surface area contributed by atoms with E-state index in [1.54, 1.807) is 24.3 Å². The van der Waals surface area contributed by atoms with Crippen molar-refractivity contribution in [2.45, 2.75) is 31.6 Å². The van der Waals surface area contributed by atoms with Gasteiger partial charge in [0.15, 0.2) is 0 Å². The molecule has 168 valence electrons. The van der Waals surface area contributed by atoms with Crippen molar-refractivity contribution in [1.29, 1.82) is 0 Å². The average molecular weight is 449 g/mol. The van der Waals surface area contributed by atoms with Gasteiger partial charge in [0.1, 0.15) is 0 Å². The van der Waals surface area contributed by atoms with E-state index in [-0.39, 0.29) is 5.56 Å². The van der Waals surface area contributed by atoms with Crippen LogP contribution in [0.5, 0.6) is 0 Å². The predicted molar refractivity (Wildman–Crippen MR) is 127 cm³/mol. The number of halogens is 4. The summed E-state index contributed by atoms with van der Waals surface area (Å²) in [5, 5.41) is 0. The van der Waals surface area contributed by atoms with Crippen molar-refractivity contribution in [3.05, 3.63) is 119 Å². The minimum absolute atomic E-state index is 0.107. The van der Waals surface area contributed by atoms with Crippen molar-refractivity contribution in [2.24, 2.45) is 0 Å². The predicted octanol–water partition coefficient (Wildman–Crippen LogP) is 8.61. The molecule has 0 N–H and O–H groups in total. The van der Waals surface area contributed by atoms with Crippen LogP contribution in [-0.4, -0.2) is 11.8 Å². The van der Waals surface area contributed by atoms with Crippen molar-refractivity contribution in [2.75, 3.05) is 0 Å². The minimum atomic E-state index is -4.32. The van der Waals surface area contributed by atoms with E-state index >= 15 is 0 Å². The number of aryl methyl sites for hydroxylation is 1. The zero-order valence-corrected chi connectivity index (χ0v) is 18.2. The van der Waals surface area contributed by atoms with Crippen molar-refractivity contribution in [3.8, 4) is 11.1 Å². The van der Waals surface area contributed by atoms with Crippen LogP contribution in [0.1, 0.15) is 30.0 Å². The molecule has 3 aromatic rings. The van der Waals surface area contributed by atoms with Gasteiger partial charge >= 0.3 is 11.8 Å². The standard InChI is InChI=1S/C29H24F4/c1-2-6-21-11-16-25(17-12-21)27-20-19-26(28(30,31)29(27,32)33)18-13-22-9-14-24(15-10-22)23-7-4-3-5-8-23/h3-5,7-20H,2,6H2,1H3/b18-13+. The number of allylic oxidation sites excluding steroid dienone is 5. The zero-order chi connectivity index (χ0) is 23.5. The number of hydrogen-bond donors (Lipinski definition) is 0. The highest BCUT2D eigenvalue weighted by Crippen LogP contribution is 2.51. The van der Waals surface area contributed by atoms with Crippen LogP contribution in [0.25, 0.3) is 22.8 Å². The quantitative estimate of drug-likeness (QED) is 0.331. The first-order valence-corrected chi connectivity index (χ1v) is 10.9. The van der Waals surface area contributed by atoms with Gasteiger partial charge in [-0.2, -0.15) is 17.6 Å². The van der Waals surface area contributed by atoms with Crippen LogP contribution in [0.4, 0.5) is 17.6 Å². The van der Waals surface area contributed by atoms with Crippen LogP contribution in [0.3, 0.4) is 0 Å². The van der Waals surface area contributed by atoms with E-state index in [9.17, 15) is 17.6 Å². The first-order chi connectivity index (χ1) is 15.8. The lowest BCUT2D eigenvalue weighted by Gasteiger charge is -2.32. The van der Waals surface area contributed by atoms with E-state index < -0.39 is 23.0 Å². The summed E-state index contributed by atoms with van der Waals surface area (Å²) >= 11 is 0. The van der Waals surface area contributed by atoms with Crippen LogP contribution < -0.4 is 0 Å². The van der Waals surface area contributed by atoms with Crippen molar-refractivity contribution < 1.29 is 17.6 Å². The molecule has 0 aliphatic heterocycles. The van der Waals surface area contributed by atoms with Crippen molar-refractivity contribution in [3.63, 3.8) is 0 Å². The second kappa shape index (κ2) is 9.22. The van der Waals surface area contributed by atoms with Gasteiger partial charge in [-0.25, -0.2) is 0 Å². The van der Waals surface area contributed by atoms with Crippen LogP contribution in [0, 0.1) is 0 Å². The fourth-order valence-electron chi connectivity index (χ4n) is 3.91. The second-order valence-electron chi connectivity index (χ2n) is 8.12. The summed E-state index contributed by atoms with van der Waals surface area (Å²) in [6.45, 7) is 2.02. The normalized spacial score (nSPS) is 17.0. The third-order valence-corrected chi connectivity index (χ3v) is 5.80. The molecule has 0 unspecified atom stereocenters. The van der Waals surface area contributed by atoms with Crippen LogP contribution in [0.2, 0.25) is 0 Å². The number of benzene rings is 3. The van der Waals surface area contributed by atoms with Gasteiger partial charge in [-0.1, -0.05) is 117 Å². The van der Waals surface area contributed by atoms with E-state index in [1.807, 2.05) is 49.4 Å². The Labute approximate surface area is 191 Å². The third-order valence-electron chi connectivity index (χ3n) is 5.80. The summed E-state index contributed by atoms with van der Waals surface area (Å²) in [5.41, 5.74) is 2.39.